The Balaban J connectivity index is 2.21. The van der Waals surface area contributed by atoms with Gasteiger partial charge in [-0.1, -0.05) is 19.8 Å². The molecule has 0 radical (unpaired) electrons. The number of rotatable bonds is 3. The van der Waals surface area contributed by atoms with Crippen LogP contribution in [0.3, 0.4) is 0 Å². The van der Waals surface area contributed by atoms with Gasteiger partial charge >= 0.3 is 0 Å². The van der Waals surface area contributed by atoms with Crippen molar-refractivity contribution >= 4 is 5.95 Å². The summed E-state index contributed by atoms with van der Waals surface area (Å²) in [4.78, 5) is 11.3. The molecule has 100 valence electrons. The molecule has 1 aliphatic carbocycles. The van der Waals surface area contributed by atoms with E-state index in [0.717, 1.165) is 17.3 Å². The summed E-state index contributed by atoms with van der Waals surface area (Å²) in [5.41, 5.74) is 7.60. The SMILES string of the molecule is Cc1cc(CN)nc(N(C)C2CCCCC2C)n1. The molecule has 1 fully saturated rings. The van der Waals surface area contributed by atoms with Gasteiger partial charge in [-0.2, -0.15) is 0 Å². The van der Waals surface area contributed by atoms with Crippen molar-refractivity contribution in [2.24, 2.45) is 11.7 Å². The van der Waals surface area contributed by atoms with Crippen LogP contribution >= 0.6 is 0 Å². The van der Waals surface area contributed by atoms with Crippen LogP contribution in [0.2, 0.25) is 0 Å². The van der Waals surface area contributed by atoms with E-state index < -0.39 is 0 Å². The molecule has 4 nitrogen and oxygen atoms in total. The van der Waals surface area contributed by atoms with Gasteiger partial charge in [0.05, 0.1) is 5.69 Å². The molecular weight excluding hydrogens is 224 g/mol. The Morgan fingerprint density at radius 3 is 2.72 bits per heavy atom. The first-order valence-electron chi connectivity index (χ1n) is 6.89. The summed E-state index contributed by atoms with van der Waals surface area (Å²) in [5, 5.41) is 0. The Morgan fingerprint density at radius 2 is 2.06 bits per heavy atom. The van der Waals surface area contributed by atoms with Crippen LogP contribution in [0.1, 0.15) is 44.0 Å². The van der Waals surface area contributed by atoms with E-state index in [1.807, 2.05) is 13.0 Å². The molecule has 1 saturated carbocycles. The molecule has 2 unspecified atom stereocenters. The van der Waals surface area contributed by atoms with Crippen LogP contribution in [0.4, 0.5) is 5.95 Å². The molecule has 0 spiro atoms. The van der Waals surface area contributed by atoms with Gasteiger partial charge in [0.15, 0.2) is 0 Å². The van der Waals surface area contributed by atoms with Gasteiger partial charge < -0.3 is 10.6 Å². The summed E-state index contributed by atoms with van der Waals surface area (Å²) in [6, 6.07) is 2.52. The predicted molar refractivity (Wildman–Crippen MR) is 74.5 cm³/mol. The molecule has 0 aromatic carbocycles. The summed E-state index contributed by atoms with van der Waals surface area (Å²) < 4.78 is 0. The lowest BCUT2D eigenvalue weighted by Gasteiger charge is -2.36. The maximum atomic E-state index is 5.68. The Labute approximate surface area is 110 Å². The summed E-state index contributed by atoms with van der Waals surface area (Å²) in [5.74, 6) is 1.54. The minimum absolute atomic E-state index is 0.477. The lowest BCUT2D eigenvalue weighted by Crippen LogP contribution is -2.40. The van der Waals surface area contributed by atoms with Crippen molar-refractivity contribution < 1.29 is 0 Å². The third-order valence-corrected chi connectivity index (χ3v) is 3.98. The molecule has 2 atom stereocenters. The Hall–Kier alpha value is -1.16. The summed E-state index contributed by atoms with van der Waals surface area (Å²) in [6.07, 6.45) is 5.22. The molecule has 2 N–H and O–H groups in total. The van der Waals surface area contributed by atoms with E-state index in [9.17, 15) is 0 Å². The largest absolute Gasteiger partial charge is 0.341 e. The number of anilines is 1. The van der Waals surface area contributed by atoms with E-state index in [4.69, 9.17) is 5.73 Å². The fourth-order valence-corrected chi connectivity index (χ4v) is 2.90. The molecule has 0 bridgehead atoms. The molecular formula is C14H24N4. The van der Waals surface area contributed by atoms with E-state index in [1.54, 1.807) is 0 Å². The van der Waals surface area contributed by atoms with E-state index in [2.05, 4.69) is 28.8 Å². The van der Waals surface area contributed by atoms with Crippen molar-refractivity contribution in [1.82, 2.24) is 9.97 Å². The van der Waals surface area contributed by atoms with Crippen LogP contribution in [-0.4, -0.2) is 23.1 Å². The number of hydrogen-bond acceptors (Lipinski definition) is 4. The van der Waals surface area contributed by atoms with Gasteiger partial charge in [-0.05, 0) is 31.7 Å². The first kappa shape index (κ1) is 13.3. The van der Waals surface area contributed by atoms with Gasteiger partial charge in [0.2, 0.25) is 5.95 Å². The Bertz CT molecular complexity index is 405. The minimum atomic E-state index is 0.477. The van der Waals surface area contributed by atoms with Gasteiger partial charge in [0, 0.05) is 25.3 Å². The highest BCUT2D eigenvalue weighted by Gasteiger charge is 2.26. The zero-order valence-corrected chi connectivity index (χ0v) is 11.7. The number of aryl methyl sites for hydroxylation is 1. The lowest BCUT2D eigenvalue weighted by molar-refractivity contribution is 0.319. The molecule has 2 rings (SSSR count). The third-order valence-electron chi connectivity index (χ3n) is 3.98. The molecule has 1 aromatic rings. The first-order valence-corrected chi connectivity index (χ1v) is 6.89. The van der Waals surface area contributed by atoms with Gasteiger partial charge in [-0.15, -0.1) is 0 Å². The Kier molecular flexibility index (Phi) is 4.17. The smallest absolute Gasteiger partial charge is 0.225 e. The second-order valence-electron chi connectivity index (χ2n) is 5.44. The predicted octanol–water partition coefficient (Wildman–Crippen LogP) is 2.26. The zero-order chi connectivity index (χ0) is 13.1. The highest BCUT2D eigenvalue weighted by atomic mass is 15.3. The average molecular weight is 248 g/mol. The van der Waals surface area contributed by atoms with Crippen LogP contribution in [-0.2, 0) is 6.54 Å². The number of hydrogen-bond donors (Lipinski definition) is 1. The first-order chi connectivity index (χ1) is 8.61. The van der Waals surface area contributed by atoms with Gasteiger partial charge in [0.25, 0.3) is 0 Å². The van der Waals surface area contributed by atoms with E-state index in [1.165, 1.54) is 25.7 Å². The van der Waals surface area contributed by atoms with Gasteiger partial charge in [-0.25, -0.2) is 9.97 Å². The molecule has 0 amide bonds. The highest BCUT2D eigenvalue weighted by Crippen LogP contribution is 2.29. The number of nitrogens with zero attached hydrogens (tertiary/aromatic N) is 3. The van der Waals surface area contributed by atoms with Crippen molar-refractivity contribution in [2.75, 3.05) is 11.9 Å². The van der Waals surface area contributed by atoms with Crippen LogP contribution in [0.25, 0.3) is 0 Å². The van der Waals surface area contributed by atoms with Crippen molar-refractivity contribution in [2.45, 2.75) is 52.1 Å². The fourth-order valence-electron chi connectivity index (χ4n) is 2.90. The molecule has 0 aliphatic heterocycles. The van der Waals surface area contributed by atoms with Crippen LogP contribution in [0.15, 0.2) is 6.07 Å². The standard InChI is InChI=1S/C14H24N4/c1-10-6-4-5-7-13(10)18(3)14-16-11(2)8-12(9-15)17-14/h8,10,13H,4-7,9,15H2,1-3H3. The maximum Gasteiger partial charge on any atom is 0.225 e. The van der Waals surface area contributed by atoms with E-state index in [0.29, 0.717) is 18.5 Å². The van der Waals surface area contributed by atoms with Gasteiger partial charge in [0.1, 0.15) is 0 Å². The molecule has 1 heterocycles. The zero-order valence-electron chi connectivity index (χ0n) is 11.7. The summed E-state index contributed by atoms with van der Waals surface area (Å²) >= 11 is 0. The van der Waals surface area contributed by atoms with Crippen molar-refractivity contribution in [3.63, 3.8) is 0 Å². The van der Waals surface area contributed by atoms with Crippen molar-refractivity contribution in [3.8, 4) is 0 Å². The van der Waals surface area contributed by atoms with Gasteiger partial charge in [-0.3, -0.25) is 0 Å². The highest BCUT2D eigenvalue weighted by molar-refractivity contribution is 5.33. The number of nitrogens with two attached hydrogens (primary N) is 1. The molecule has 4 heteroatoms. The normalized spacial score (nSPS) is 24.0. The summed E-state index contributed by atoms with van der Waals surface area (Å²) in [7, 11) is 2.11. The van der Waals surface area contributed by atoms with E-state index in [-0.39, 0.29) is 0 Å². The molecule has 1 aliphatic rings. The second-order valence-corrected chi connectivity index (χ2v) is 5.44. The second kappa shape index (κ2) is 5.65. The molecule has 18 heavy (non-hydrogen) atoms. The maximum absolute atomic E-state index is 5.68. The van der Waals surface area contributed by atoms with Crippen LogP contribution in [0, 0.1) is 12.8 Å². The van der Waals surface area contributed by atoms with Crippen LogP contribution in [0.5, 0.6) is 0 Å². The van der Waals surface area contributed by atoms with Crippen molar-refractivity contribution in [3.05, 3.63) is 17.5 Å². The monoisotopic (exact) mass is 248 g/mol. The minimum Gasteiger partial charge on any atom is -0.341 e. The third kappa shape index (κ3) is 2.80. The molecule has 1 aromatic heterocycles. The number of aromatic nitrogens is 2. The summed E-state index contributed by atoms with van der Waals surface area (Å²) in [6.45, 7) is 4.81. The Morgan fingerprint density at radius 1 is 1.33 bits per heavy atom. The molecule has 0 saturated heterocycles. The lowest BCUT2D eigenvalue weighted by atomic mass is 9.85. The fraction of sp³-hybridized carbons (Fsp3) is 0.714. The average Bonchev–Trinajstić information content (AvgIpc) is 2.37. The van der Waals surface area contributed by atoms with E-state index >= 15 is 0 Å². The van der Waals surface area contributed by atoms with Crippen molar-refractivity contribution in [1.29, 1.82) is 0 Å². The van der Waals surface area contributed by atoms with Crippen LogP contribution < -0.4 is 10.6 Å². The topological polar surface area (TPSA) is 55.0 Å². The quantitative estimate of drug-likeness (QED) is 0.891.